The molecule has 0 bridgehead atoms. The molecule has 80 valence electrons. The van der Waals surface area contributed by atoms with Crippen molar-refractivity contribution in [1.29, 1.82) is 0 Å². The van der Waals surface area contributed by atoms with Crippen LogP contribution in [-0.2, 0) is 4.79 Å². The van der Waals surface area contributed by atoms with Crippen molar-refractivity contribution in [3.8, 4) is 0 Å². The van der Waals surface area contributed by atoms with E-state index in [-0.39, 0.29) is 6.04 Å². The van der Waals surface area contributed by atoms with E-state index in [1.807, 2.05) is 24.3 Å². The highest BCUT2D eigenvalue weighted by molar-refractivity contribution is 9.10. The van der Waals surface area contributed by atoms with Crippen LogP contribution in [0.15, 0.2) is 28.7 Å². The van der Waals surface area contributed by atoms with Gasteiger partial charge < -0.3 is 5.32 Å². The summed E-state index contributed by atoms with van der Waals surface area (Å²) in [5.74, 6) is 0.351. The number of ketones is 1. The standard InChI is InChI=1S/C12H14BrNO/c13-9-5-7-10(8-6-9)14-11-3-1-2-4-12(11)15/h5-8,11,14H,1-4H2/t11-/m1/s1. The van der Waals surface area contributed by atoms with Crippen LogP contribution in [0.2, 0.25) is 0 Å². The van der Waals surface area contributed by atoms with E-state index in [2.05, 4.69) is 21.2 Å². The fraction of sp³-hybridized carbons (Fsp3) is 0.417. The topological polar surface area (TPSA) is 29.1 Å². The molecule has 0 spiro atoms. The summed E-state index contributed by atoms with van der Waals surface area (Å²) in [5, 5.41) is 3.29. The maximum atomic E-state index is 11.6. The lowest BCUT2D eigenvalue weighted by Crippen LogP contribution is -2.32. The first-order chi connectivity index (χ1) is 7.25. The number of Topliss-reactive ketones (excluding diaryl/α,β-unsaturated/α-hetero) is 1. The summed E-state index contributed by atoms with van der Waals surface area (Å²) >= 11 is 3.39. The quantitative estimate of drug-likeness (QED) is 0.890. The van der Waals surface area contributed by atoms with Gasteiger partial charge in [-0.25, -0.2) is 0 Å². The van der Waals surface area contributed by atoms with Gasteiger partial charge in [0, 0.05) is 16.6 Å². The van der Waals surface area contributed by atoms with Crippen LogP contribution in [0.25, 0.3) is 0 Å². The van der Waals surface area contributed by atoms with Crippen molar-refractivity contribution >= 4 is 27.4 Å². The molecule has 1 saturated carbocycles. The van der Waals surface area contributed by atoms with Crippen molar-refractivity contribution in [3.05, 3.63) is 28.7 Å². The third-order valence-corrected chi connectivity index (χ3v) is 3.27. The fourth-order valence-electron chi connectivity index (χ4n) is 1.88. The minimum absolute atomic E-state index is 0.0277. The van der Waals surface area contributed by atoms with Gasteiger partial charge in [0.1, 0.15) is 0 Å². The Bertz CT molecular complexity index is 347. The molecule has 1 N–H and O–H groups in total. The summed E-state index contributed by atoms with van der Waals surface area (Å²) in [5.41, 5.74) is 1.03. The lowest BCUT2D eigenvalue weighted by Gasteiger charge is -2.22. The molecule has 0 unspecified atom stereocenters. The first kappa shape index (κ1) is 10.7. The third kappa shape index (κ3) is 2.81. The van der Waals surface area contributed by atoms with Crippen molar-refractivity contribution in [1.82, 2.24) is 0 Å². The highest BCUT2D eigenvalue weighted by Gasteiger charge is 2.21. The molecule has 0 heterocycles. The van der Waals surface area contributed by atoms with Gasteiger partial charge in [-0.1, -0.05) is 22.4 Å². The summed E-state index contributed by atoms with van der Waals surface area (Å²) in [7, 11) is 0. The monoisotopic (exact) mass is 267 g/mol. The Morgan fingerprint density at radius 1 is 1.20 bits per heavy atom. The first-order valence-corrected chi connectivity index (χ1v) is 6.10. The number of halogens is 1. The van der Waals surface area contributed by atoms with Gasteiger partial charge in [-0.2, -0.15) is 0 Å². The fourth-order valence-corrected chi connectivity index (χ4v) is 2.15. The molecule has 0 radical (unpaired) electrons. The van der Waals surface area contributed by atoms with E-state index >= 15 is 0 Å². The van der Waals surface area contributed by atoms with E-state index < -0.39 is 0 Å². The molecule has 0 amide bonds. The van der Waals surface area contributed by atoms with E-state index in [4.69, 9.17) is 0 Å². The Morgan fingerprint density at radius 3 is 2.60 bits per heavy atom. The normalized spacial score (nSPS) is 21.4. The third-order valence-electron chi connectivity index (χ3n) is 2.74. The van der Waals surface area contributed by atoms with Gasteiger partial charge in [0.05, 0.1) is 6.04 Å². The van der Waals surface area contributed by atoms with Crippen LogP contribution in [0.1, 0.15) is 25.7 Å². The summed E-state index contributed by atoms with van der Waals surface area (Å²) in [6.45, 7) is 0. The molecule has 1 fully saturated rings. The van der Waals surface area contributed by atoms with Gasteiger partial charge >= 0.3 is 0 Å². The second kappa shape index (κ2) is 4.79. The highest BCUT2D eigenvalue weighted by Crippen LogP contribution is 2.20. The lowest BCUT2D eigenvalue weighted by molar-refractivity contribution is -0.121. The second-order valence-electron chi connectivity index (χ2n) is 3.92. The minimum atomic E-state index is 0.0277. The number of rotatable bonds is 2. The van der Waals surface area contributed by atoms with E-state index in [0.29, 0.717) is 5.78 Å². The van der Waals surface area contributed by atoms with Crippen molar-refractivity contribution in [2.45, 2.75) is 31.7 Å². The lowest BCUT2D eigenvalue weighted by atomic mass is 9.94. The molecule has 1 atom stereocenters. The number of hydrogen-bond acceptors (Lipinski definition) is 2. The zero-order chi connectivity index (χ0) is 10.7. The number of carbonyl (C=O) groups excluding carboxylic acids is 1. The first-order valence-electron chi connectivity index (χ1n) is 5.30. The van der Waals surface area contributed by atoms with Gasteiger partial charge in [-0.15, -0.1) is 0 Å². The van der Waals surface area contributed by atoms with E-state index in [1.165, 1.54) is 0 Å². The molecule has 0 aromatic heterocycles. The Labute approximate surface area is 98.2 Å². The number of benzene rings is 1. The highest BCUT2D eigenvalue weighted by atomic mass is 79.9. The number of hydrogen-bond donors (Lipinski definition) is 1. The van der Waals surface area contributed by atoms with Crippen LogP contribution in [0.5, 0.6) is 0 Å². The minimum Gasteiger partial charge on any atom is -0.375 e. The van der Waals surface area contributed by atoms with Gasteiger partial charge in [-0.3, -0.25) is 4.79 Å². The molecule has 1 aromatic carbocycles. The number of anilines is 1. The molecule has 2 rings (SSSR count). The Morgan fingerprint density at radius 2 is 1.93 bits per heavy atom. The van der Waals surface area contributed by atoms with Crippen molar-refractivity contribution in [3.63, 3.8) is 0 Å². The van der Waals surface area contributed by atoms with Crippen LogP contribution in [0, 0.1) is 0 Å². The Kier molecular flexibility index (Phi) is 3.41. The van der Waals surface area contributed by atoms with E-state index in [0.717, 1.165) is 35.8 Å². The molecule has 3 heteroatoms. The summed E-state index contributed by atoms with van der Waals surface area (Å²) in [4.78, 5) is 11.6. The Balaban J connectivity index is 2.01. The van der Waals surface area contributed by atoms with E-state index in [1.54, 1.807) is 0 Å². The molecule has 1 aromatic rings. The molecule has 15 heavy (non-hydrogen) atoms. The zero-order valence-electron chi connectivity index (χ0n) is 8.50. The average molecular weight is 268 g/mol. The molecule has 1 aliphatic carbocycles. The van der Waals surface area contributed by atoms with E-state index in [9.17, 15) is 4.79 Å². The summed E-state index contributed by atoms with van der Waals surface area (Å²) < 4.78 is 1.06. The zero-order valence-corrected chi connectivity index (χ0v) is 10.1. The molecular weight excluding hydrogens is 254 g/mol. The molecule has 0 aliphatic heterocycles. The summed E-state index contributed by atoms with van der Waals surface area (Å²) in [6.07, 6.45) is 3.90. The predicted octanol–water partition coefficient (Wildman–Crippen LogP) is 3.37. The predicted molar refractivity (Wildman–Crippen MR) is 65.0 cm³/mol. The molecule has 0 saturated heterocycles. The smallest absolute Gasteiger partial charge is 0.155 e. The van der Waals surface area contributed by atoms with Crippen molar-refractivity contribution in [2.75, 3.05) is 5.32 Å². The maximum absolute atomic E-state index is 11.6. The molecule has 1 aliphatic rings. The SMILES string of the molecule is O=C1CCCC[C@H]1Nc1ccc(Br)cc1. The van der Waals surface area contributed by atoms with Gasteiger partial charge in [-0.05, 0) is 37.1 Å². The van der Waals surface area contributed by atoms with Crippen LogP contribution in [0.4, 0.5) is 5.69 Å². The second-order valence-corrected chi connectivity index (χ2v) is 4.83. The summed E-state index contributed by atoms with van der Waals surface area (Å²) in [6, 6.07) is 7.98. The molecule has 2 nitrogen and oxygen atoms in total. The van der Waals surface area contributed by atoms with Gasteiger partial charge in [0.2, 0.25) is 0 Å². The Hall–Kier alpha value is -0.830. The number of carbonyl (C=O) groups is 1. The van der Waals surface area contributed by atoms with Crippen molar-refractivity contribution < 1.29 is 4.79 Å². The average Bonchev–Trinajstić information content (AvgIpc) is 2.25. The van der Waals surface area contributed by atoms with Gasteiger partial charge in [0.25, 0.3) is 0 Å². The van der Waals surface area contributed by atoms with Gasteiger partial charge in [0.15, 0.2) is 5.78 Å². The van der Waals surface area contributed by atoms with Crippen LogP contribution in [-0.4, -0.2) is 11.8 Å². The van der Waals surface area contributed by atoms with Crippen LogP contribution in [0.3, 0.4) is 0 Å². The van der Waals surface area contributed by atoms with Crippen LogP contribution >= 0.6 is 15.9 Å². The maximum Gasteiger partial charge on any atom is 0.155 e. The molecular formula is C12H14BrNO. The number of nitrogens with one attached hydrogen (secondary N) is 1. The van der Waals surface area contributed by atoms with Crippen molar-refractivity contribution in [2.24, 2.45) is 0 Å². The largest absolute Gasteiger partial charge is 0.375 e. The van der Waals surface area contributed by atoms with Crippen LogP contribution < -0.4 is 5.32 Å².